The summed E-state index contributed by atoms with van der Waals surface area (Å²) in [7, 11) is 0. The second-order valence-corrected chi connectivity index (χ2v) is 3.10. The molecule has 0 spiro atoms. The van der Waals surface area contributed by atoms with Crippen LogP contribution in [0, 0.1) is 11.3 Å². The zero-order chi connectivity index (χ0) is 8.60. The molecule has 12 heavy (non-hydrogen) atoms. The Bertz CT molecular complexity index is 337. The van der Waals surface area contributed by atoms with Crippen LogP contribution >= 0.6 is 0 Å². The second kappa shape index (κ2) is 2.21. The van der Waals surface area contributed by atoms with E-state index >= 15 is 0 Å². The summed E-state index contributed by atoms with van der Waals surface area (Å²) in [5, 5.41) is 8.88. The normalized spacial score (nSPS) is 19.8. The van der Waals surface area contributed by atoms with E-state index in [0.29, 0.717) is 12.8 Å². The number of hydrogen-bond donors (Lipinski definition) is 0. The predicted octanol–water partition coefficient (Wildman–Crippen LogP) is 1.40. The minimum Gasteiger partial charge on any atom is -0.472 e. The second-order valence-electron chi connectivity index (χ2n) is 3.10. The van der Waals surface area contributed by atoms with Crippen LogP contribution in [0.25, 0.3) is 0 Å². The van der Waals surface area contributed by atoms with E-state index < -0.39 is 5.41 Å². The summed E-state index contributed by atoms with van der Waals surface area (Å²) >= 11 is 0. The van der Waals surface area contributed by atoms with E-state index in [1.165, 1.54) is 12.5 Å². The number of furan rings is 1. The Morgan fingerprint density at radius 2 is 2.33 bits per heavy atom. The van der Waals surface area contributed by atoms with E-state index in [4.69, 9.17) is 9.68 Å². The molecule has 1 heterocycles. The van der Waals surface area contributed by atoms with Crippen molar-refractivity contribution in [3.63, 3.8) is 0 Å². The van der Waals surface area contributed by atoms with Gasteiger partial charge in [-0.15, -0.1) is 0 Å². The first-order chi connectivity index (χ1) is 5.77. The van der Waals surface area contributed by atoms with Gasteiger partial charge in [0.25, 0.3) is 0 Å². The van der Waals surface area contributed by atoms with Gasteiger partial charge in [0.05, 0.1) is 24.0 Å². The van der Waals surface area contributed by atoms with Gasteiger partial charge < -0.3 is 4.42 Å². The maximum Gasteiger partial charge on any atom is 0.136 e. The molecule has 1 saturated carbocycles. The molecule has 3 nitrogen and oxygen atoms in total. The first-order valence-corrected chi connectivity index (χ1v) is 3.72. The average Bonchev–Trinajstić information content (AvgIpc) is 2.50. The smallest absolute Gasteiger partial charge is 0.136 e. The fourth-order valence-corrected chi connectivity index (χ4v) is 1.51. The lowest BCUT2D eigenvalue weighted by Crippen LogP contribution is -2.39. The Balaban J connectivity index is 2.34. The number of ketones is 1. The van der Waals surface area contributed by atoms with Crippen LogP contribution in [0.2, 0.25) is 0 Å². The summed E-state index contributed by atoms with van der Waals surface area (Å²) in [5.74, 6) is 0.151. The summed E-state index contributed by atoms with van der Waals surface area (Å²) in [6, 6.07) is 3.91. The van der Waals surface area contributed by atoms with Gasteiger partial charge in [-0.1, -0.05) is 0 Å². The van der Waals surface area contributed by atoms with Gasteiger partial charge in [0.2, 0.25) is 0 Å². The summed E-state index contributed by atoms with van der Waals surface area (Å²) in [6.07, 6.45) is 3.74. The number of rotatable bonds is 1. The molecule has 0 radical (unpaired) electrons. The molecule has 0 saturated heterocycles. The lowest BCUT2D eigenvalue weighted by Gasteiger charge is -2.32. The monoisotopic (exact) mass is 161 g/mol. The van der Waals surface area contributed by atoms with Gasteiger partial charge in [-0.25, -0.2) is 0 Å². The molecule has 1 aromatic heterocycles. The highest BCUT2D eigenvalue weighted by atomic mass is 16.3. The molecule has 0 atom stereocenters. The highest BCUT2D eigenvalue weighted by Crippen LogP contribution is 2.40. The highest BCUT2D eigenvalue weighted by Gasteiger charge is 2.46. The molecular formula is C9H7NO2. The number of hydrogen-bond acceptors (Lipinski definition) is 3. The molecule has 0 aliphatic heterocycles. The van der Waals surface area contributed by atoms with Gasteiger partial charge in [-0.2, -0.15) is 5.26 Å². The third-order valence-corrected chi connectivity index (χ3v) is 2.29. The fourth-order valence-electron chi connectivity index (χ4n) is 1.51. The Morgan fingerprint density at radius 1 is 1.58 bits per heavy atom. The summed E-state index contributed by atoms with van der Waals surface area (Å²) in [6.45, 7) is 0. The molecule has 1 fully saturated rings. The van der Waals surface area contributed by atoms with Crippen molar-refractivity contribution in [2.24, 2.45) is 0 Å². The lowest BCUT2D eigenvalue weighted by molar-refractivity contribution is -0.126. The van der Waals surface area contributed by atoms with E-state index in [0.717, 1.165) is 5.56 Å². The summed E-state index contributed by atoms with van der Waals surface area (Å²) in [5.41, 5.74) is 0.244. The van der Waals surface area contributed by atoms with Crippen molar-refractivity contribution in [2.45, 2.75) is 18.3 Å². The van der Waals surface area contributed by atoms with Crippen LogP contribution in [-0.2, 0) is 10.2 Å². The van der Waals surface area contributed by atoms with Crippen LogP contribution in [0.15, 0.2) is 23.0 Å². The van der Waals surface area contributed by atoms with Crippen LogP contribution in [0.4, 0.5) is 0 Å². The van der Waals surface area contributed by atoms with Gasteiger partial charge in [-0.05, 0) is 6.07 Å². The Kier molecular flexibility index (Phi) is 1.31. The van der Waals surface area contributed by atoms with E-state index in [1.807, 2.05) is 0 Å². The Labute approximate surface area is 69.6 Å². The van der Waals surface area contributed by atoms with Crippen molar-refractivity contribution in [2.75, 3.05) is 0 Å². The molecule has 2 rings (SSSR count). The molecule has 3 heteroatoms. The molecular weight excluding hydrogens is 154 g/mol. The predicted molar refractivity (Wildman–Crippen MR) is 40.2 cm³/mol. The van der Waals surface area contributed by atoms with Crippen LogP contribution in [0.3, 0.4) is 0 Å². The molecule has 0 N–H and O–H groups in total. The third-order valence-electron chi connectivity index (χ3n) is 2.29. The van der Waals surface area contributed by atoms with Gasteiger partial charge in [-0.3, -0.25) is 4.79 Å². The van der Waals surface area contributed by atoms with Crippen molar-refractivity contribution < 1.29 is 9.21 Å². The Hall–Kier alpha value is -1.56. The topological polar surface area (TPSA) is 54.0 Å². The number of nitriles is 1. The van der Waals surface area contributed by atoms with E-state index in [-0.39, 0.29) is 5.78 Å². The first-order valence-electron chi connectivity index (χ1n) is 3.72. The van der Waals surface area contributed by atoms with Crippen LogP contribution < -0.4 is 0 Å². The molecule has 1 aliphatic carbocycles. The third kappa shape index (κ3) is 0.782. The number of carbonyl (C=O) groups is 1. The molecule has 0 unspecified atom stereocenters. The maximum atomic E-state index is 10.8. The molecule has 60 valence electrons. The fraction of sp³-hybridized carbons (Fsp3) is 0.333. The molecule has 0 aromatic carbocycles. The van der Waals surface area contributed by atoms with Gasteiger partial charge in [0, 0.05) is 18.4 Å². The molecule has 1 aliphatic rings. The largest absolute Gasteiger partial charge is 0.472 e. The van der Waals surface area contributed by atoms with E-state index in [2.05, 4.69) is 6.07 Å². The summed E-state index contributed by atoms with van der Waals surface area (Å²) in [4.78, 5) is 10.8. The number of nitrogens with zero attached hydrogens (tertiary/aromatic N) is 1. The standard InChI is InChI=1S/C9H7NO2/c10-6-9(3-8(11)4-9)7-1-2-12-5-7/h1-2,5H,3-4H2. The molecule has 1 aromatic rings. The zero-order valence-corrected chi connectivity index (χ0v) is 6.41. The quantitative estimate of drug-likeness (QED) is 0.625. The number of carbonyl (C=O) groups excluding carboxylic acids is 1. The van der Waals surface area contributed by atoms with Crippen LogP contribution in [-0.4, -0.2) is 5.78 Å². The van der Waals surface area contributed by atoms with Gasteiger partial charge in [0.15, 0.2) is 0 Å². The highest BCUT2D eigenvalue weighted by molar-refractivity contribution is 5.90. The van der Waals surface area contributed by atoms with Crippen LogP contribution in [0.5, 0.6) is 0 Å². The maximum absolute atomic E-state index is 10.8. The average molecular weight is 161 g/mol. The SMILES string of the molecule is N#CC1(c2ccoc2)CC(=O)C1. The van der Waals surface area contributed by atoms with Crippen molar-refractivity contribution in [3.05, 3.63) is 24.2 Å². The minimum atomic E-state index is -0.579. The van der Waals surface area contributed by atoms with Crippen molar-refractivity contribution in [1.82, 2.24) is 0 Å². The van der Waals surface area contributed by atoms with E-state index in [1.54, 1.807) is 6.07 Å². The van der Waals surface area contributed by atoms with Crippen molar-refractivity contribution in [1.29, 1.82) is 5.26 Å². The molecule has 0 amide bonds. The van der Waals surface area contributed by atoms with Crippen LogP contribution in [0.1, 0.15) is 18.4 Å². The first kappa shape index (κ1) is 7.11. The van der Waals surface area contributed by atoms with E-state index in [9.17, 15) is 4.79 Å². The summed E-state index contributed by atoms with van der Waals surface area (Å²) < 4.78 is 4.87. The van der Waals surface area contributed by atoms with Crippen molar-refractivity contribution >= 4 is 5.78 Å². The van der Waals surface area contributed by atoms with Crippen molar-refractivity contribution in [3.8, 4) is 6.07 Å². The Morgan fingerprint density at radius 3 is 2.75 bits per heavy atom. The minimum absolute atomic E-state index is 0.151. The zero-order valence-electron chi connectivity index (χ0n) is 6.41. The lowest BCUT2D eigenvalue weighted by atomic mass is 9.65. The number of Topliss-reactive ketones (excluding diaryl/α,β-unsaturated/α-hetero) is 1. The molecule has 0 bridgehead atoms. The van der Waals surface area contributed by atoms with Gasteiger partial charge in [0.1, 0.15) is 5.78 Å². The van der Waals surface area contributed by atoms with Gasteiger partial charge >= 0.3 is 0 Å².